The molecule has 0 saturated carbocycles. The molecule has 0 spiro atoms. The molecule has 9 nitrogen and oxygen atoms in total. The van der Waals surface area contributed by atoms with E-state index >= 15 is 0 Å². The molecular formula is C27H30N6O3. The lowest BCUT2D eigenvalue weighted by molar-refractivity contribution is 0.0363. The number of hydrogen-bond acceptors (Lipinski definition) is 6. The van der Waals surface area contributed by atoms with Crippen LogP contribution < -0.4 is 16.4 Å². The quantitative estimate of drug-likeness (QED) is 0.406. The van der Waals surface area contributed by atoms with Crippen molar-refractivity contribution < 1.29 is 9.53 Å². The van der Waals surface area contributed by atoms with Crippen molar-refractivity contribution in [2.24, 2.45) is 0 Å². The maximum atomic E-state index is 13.5. The van der Waals surface area contributed by atoms with Gasteiger partial charge in [0.15, 0.2) is 0 Å². The first kappa shape index (κ1) is 23.9. The van der Waals surface area contributed by atoms with Crippen LogP contribution in [0.3, 0.4) is 0 Å². The van der Waals surface area contributed by atoms with E-state index in [2.05, 4.69) is 10.2 Å². The van der Waals surface area contributed by atoms with Crippen LogP contribution in [0.5, 0.6) is 0 Å². The Morgan fingerprint density at radius 1 is 1.08 bits per heavy atom. The fourth-order valence-electron chi connectivity index (χ4n) is 4.54. The van der Waals surface area contributed by atoms with Crippen molar-refractivity contribution in [3.8, 4) is 0 Å². The van der Waals surface area contributed by atoms with Crippen molar-refractivity contribution >= 4 is 22.6 Å². The van der Waals surface area contributed by atoms with E-state index in [1.54, 1.807) is 16.8 Å². The van der Waals surface area contributed by atoms with Crippen LogP contribution >= 0.6 is 0 Å². The molecule has 36 heavy (non-hydrogen) atoms. The molecule has 1 amide bonds. The van der Waals surface area contributed by atoms with Gasteiger partial charge in [-0.25, -0.2) is 4.98 Å². The number of benzene rings is 1. The summed E-state index contributed by atoms with van der Waals surface area (Å²) in [4.78, 5) is 33.8. The highest BCUT2D eigenvalue weighted by atomic mass is 16.5. The van der Waals surface area contributed by atoms with Crippen molar-refractivity contribution in [3.63, 3.8) is 0 Å². The average molecular weight is 487 g/mol. The minimum absolute atomic E-state index is 0.0435. The molecular weight excluding hydrogens is 456 g/mol. The van der Waals surface area contributed by atoms with Crippen LogP contribution in [0.4, 0.5) is 0 Å². The van der Waals surface area contributed by atoms with Crippen LogP contribution in [0.2, 0.25) is 0 Å². The second-order valence-corrected chi connectivity index (χ2v) is 9.22. The highest BCUT2D eigenvalue weighted by molar-refractivity contribution is 5.96. The number of nitrogens with one attached hydrogen (secondary N) is 2. The summed E-state index contributed by atoms with van der Waals surface area (Å²) in [6, 6.07) is 13.1. The lowest BCUT2D eigenvalue weighted by Crippen LogP contribution is -2.41. The number of fused-ring (bicyclic) bond motifs is 2. The minimum atomic E-state index is -0.392. The Labute approximate surface area is 208 Å². The zero-order chi connectivity index (χ0) is 25.2. The molecule has 5 rings (SSSR count). The number of aryl methyl sites for hydroxylation is 2. The molecule has 186 valence electrons. The van der Waals surface area contributed by atoms with Gasteiger partial charge in [-0.1, -0.05) is 35.9 Å². The molecule has 1 aliphatic heterocycles. The summed E-state index contributed by atoms with van der Waals surface area (Å²) in [5.74, 6) is -0.392. The number of carbonyl (C=O) groups excluding carboxylic acids is 1. The van der Waals surface area contributed by atoms with Gasteiger partial charge >= 0.3 is 0 Å². The predicted octanol–water partition coefficient (Wildman–Crippen LogP) is 2.01. The Morgan fingerprint density at radius 3 is 2.58 bits per heavy atom. The maximum Gasteiger partial charge on any atom is 0.267 e. The molecule has 0 aliphatic carbocycles. The van der Waals surface area contributed by atoms with Crippen LogP contribution in [0.15, 0.2) is 53.5 Å². The van der Waals surface area contributed by atoms with Gasteiger partial charge in [-0.3, -0.25) is 24.3 Å². The number of hydrogen-bond donors (Lipinski definition) is 2. The number of morpholine rings is 1. The van der Waals surface area contributed by atoms with E-state index < -0.39 is 5.91 Å². The summed E-state index contributed by atoms with van der Waals surface area (Å²) in [6.07, 6.45) is 1.68. The number of nitrogens with zero attached hydrogens (tertiary/aromatic N) is 4. The summed E-state index contributed by atoms with van der Waals surface area (Å²) in [5.41, 5.74) is 3.88. The van der Waals surface area contributed by atoms with Gasteiger partial charge in [-0.2, -0.15) is 0 Å². The zero-order valence-corrected chi connectivity index (χ0v) is 20.6. The highest BCUT2D eigenvalue weighted by Gasteiger charge is 2.19. The summed E-state index contributed by atoms with van der Waals surface area (Å²) in [5, 5.41) is 12.2. The SMILES string of the molecule is Cc1ccc(CNC(=O)c2cc3c(=O)n4cccc(C)c4nc3n(CCN3CCOCC3)c2=N)cc1. The molecule has 0 radical (unpaired) electrons. The Balaban J connectivity index is 1.58. The van der Waals surface area contributed by atoms with E-state index in [4.69, 9.17) is 15.1 Å². The van der Waals surface area contributed by atoms with E-state index in [1.165, 1.54) is 10.5 Å². The maximum absolute atomic E-state index is 13.5. The van der Waals surface area contributed by atoms with Crippen LogP contribution in [-0.4, -0.2) is 57.6 Å². The summed E-state index contributed by atoms with van der Waals surface area (Å²) in [6.45, 7) is 8.30. The van der Waals surface area contributed by atoms with E-state index in [1.807, 2.05) is 44.2 Å². The van der Waals surface area contributed by atoms with Gasteiger partial charge in [0.1, 0.15) is 16.8 Å². The number of pyridine rings is 2. The van der Waals surface area contributed by atoms with Gasteiger partial charge in [-0.05, 0) is 37.1 Å². The first-order chi connectivity index (χ1) is 17.4. The minimum Gasteiger partial charge on any atom is -0.379 e. The number of ether oxygens (including phenoxy) is 1. The van der Waals surface area contributed by atoms with Gasteiger partial charge in [0.05, 0.1) is 24.2 Å². The molecule has 9 heteroatoms. The van der Waals surface area contributed by atoms with Crippen LogP contribution in [0.25, 0.3) is 16.7 Å². The smallest absolute Gasteiger partial charge is 0.267 e. The summed E-state index contributed by atoms with van der Waals surface area (Å²) < 4.78 is 8.64. The molecule has 1 aromatic carbocycles. The van der Waals surface area contributed by atoms with E-state index in [-0.39, 0.29) is 16.6 Å². The predicted molar refractivity (Wildman–Crippen MR) is 137 cm³/mol. The Hall–Kier alpha value is -3.82. The highest BCUT2D eigenvalue weighted by Crippen LogP contribution is 2.13. The third-order valence-corrected chi connectivity index (χ3v) is 6.70. The van der Waals surface area contributed by atoms with Crippen molar-refractivity contribution in [2.75, 3.05) is 32.8 Å². The van der Waals surface area contributed by atoms with Crippen LogP contribution in [-0.2, 0) is 17.8 Å². The number of rotatable bonds is 6. The van der Waals surface area contributed by atoms with Gasteiger partial charge in [0, 0.05) is 38.9 Å². The number of aromatic nitrogens is 3. The zero-order valence-electron chi connectivity index (χ0n) is 20.6. The first-order valence-corrected chi connectivity index (χ1v) is 12.2. The van der Waals surface area contributed by atoms with E-state index in [0.29, 0.717) is 49.5 Å². The molecule has 1 fully saturated rings. The van der Waals surface area contributed by atoms with Gasteiger partial charge in [0.2, 0.25) is 0 Å². The third-order valence-electron chi connectivity index (χ3n) is 6.70. The van der Waals surface area contributed by atoms with Crippen LogP contribution in [0.1, 0.15) is 27.0 Å². The normalized spacial score (nSPS) is 14.4. The largest absolute Gasteiger partial charge is 0.379 e. The molecule has 1 saturated heterocycles. The second-order valence-electron chi connectivity index (χ2n) is 9.22. The topological polar surface area (TPSA) is 105 Å². The molecule has 0 unspecified atom stereocenters. The van der Waals surface area contributed by atoms with Crippen molar-refractivity contribution in [3.05, 3.63) is 86.8 Å². The second kappa shape index (κ2) is 10.0. The first-order valence-electron chi connectivity index (χ1n) is 12.2. The molecule has 1 aliphatic rings. The van der Waals surface area contributed by atoms with Crippen molar-refractivity contribution in [1.29, 1.82) is 5.41 Å². The number of amides is 1. The standard InChI is InChI=1S/C27H30N6O3/c1-18-5-7-20(8-6-18)17-29-26(34)21-16-22-25(30-24-19(2)4-3-9-33(24)27(22)35)32(23(21)28)11-10-31-12-14-36-15-13-31/h3-9,16,28H,10-15,17H2,1-2H3,(H,29,34). The fourth-order valence-corrected chi connectivity index (χ4v) is 4.54. The average Bonchev–Trinajstić information content (AvgIpc) is 2.89. The van der Waals surface area contributed by atoms with Gasteiger partial charge in [0.25, 0.3) is 11.5 Å². The lowest BCUT2D eigenvalue weighted by atomic mass is 10.1. The molecule has 4 heterocycles. The monoisotopic (exact) mass is 486 g/mol. The van der Waals surface area contributed by atoms with E-state index in [9.17, 15) is 9.59 Å². The number of carbonyl (C=O) groups is 1. The fraction of sp³-hybridized carbons (Fsp3) is 0.333. The Bertz CT molecular complexity index is 1550. The van der Waals surface area contributed by atoms with Gasteiger partial charge < -0.3 is 14.6 Å². The summed E-state index contributed by atoms with van der Waals surface area (Å²) >= 11 is 0. The molecule has 0 atom stereocenters. The lowest BCUT2D eigenvalue weighted by Gasteiger charge is -2.27. The molecule has 3 aromatic heterocycles. The third kappa shape index (κ3) is 4.67. The molecule has 2 N–H and O–H groups in total. The van der Waals surface area contributed by atoms with E-state index in [0.717, 1.165) is 29.8 Å². The Kier molecular flexibility index (Phi) is 6.67. The Morgan fingerprint density at radius 2 is 1.83 bits per heavy atom. The summed E-state index contributed by atoms with van der Waals surface area (Å²) in [7, 11) is 0. The van der Waals surface area contributed by atoms with Crippen LogP contribution in [0, 0.1) is 19.3 Å². The molecule has 0 bridgehead atoms. The van der Waals surface area contributed by atoms with Gasteiger partial charge in [-0.15, -0.1) is 0 Å². The van der Waals surface area contributed by atoms with Crippen molar-refractivity contribution in [2.45, 2.75) is 26.9 Å². The molecule has 4 aromatic rings. The van der Waals surface area contributed by atoms with Crippen molar-refractivity contribution in [1.82, 2.24) is 24.2 Å².